The molecule has 15 heavy (non-hydrogen) atoms. The first-order valence-corrected chi connectivity index (χ1v) is 6.26. The molecule has 0 saturated carbocycles. The van der Waals surface area contributed by atoms with E-state index in [0.717, 1.165) is 11.6 Å². The lowest BCUT2D eigenvalue weighted by molar-refractivity contribution is 0.0189. The summed E-state index contributed by atoms with van der Waals surface area (Å²) in [5.41, 5.74) is 0.916. The van der Waals surface area contributed by atoms with E-state index >= 15 is 0 Å². The van der Waals surface area contributed by atoms with E-state index in [-0.39, 0.29) is 5.60 Å². The van der Waals surface area contributed by atoms with Gasteiger partial charge in [0.2, 0.25) is 0 Å². The van der Waals surface area contributed by atoms with Crippen LogP contribution in [0.25, 0.3) is 0 Å². The second kappa shape index (κ2) is 4.20. The van der Waals surface area contributed by atoms with Crippen LogP contribution in [0.4, 0.5) is 0 Å². The molecule has 0 bridgehead atoms. The van der Waals surface area contributed by atoms with Crippen LogP contribution in [-0.2, 0) is 10.3 Å². The third-order valence-corrected chi connectivity index (χ3v) is 4.13. The van der Waals surface area contributed by atoms with Crippen molar-refractivity contribution in [2.75, 3.05) is 13.7 Å². The van der Waals surface area contributed by atoms with E-state index in [0.29, 0.717) is 6.04 Å². The monoisotopic (exact) mass is 226 g/mol. The Bertz CT molecular complexity index is 329. The highest BCUT2D eigenvalue weighted by Crippen LogP contribution is 2.30. The van der Waals surface area contributed by atoms with Crippen LogP contribution in [0.15, 0.2) is 5.38 Å². The van der Waals surface area contributed by atoms with Crippen LogP contribution >= 0.6 is 11.3 Å². The van der Waals surface area contributed by atoms with Crippen molar-refractivity contribution < 1.29 is 4.74 Å². The highest BCUT2D eigenvalue weighted by molar-refractivity contribution is 7.09. The number of ether oxygens (including phenoxy) is 1. The fourth-order valence-electron chi connectivity index (χ4n) is 1.75. The van der Waals surface area contributed by atoms with E-state index in [1.807, 2.05) is 0 Å². The Morgan fingerprint density at radius 3 is 3.00 bits per heavy atom. The molecule has 0 radical (unpaired) electrons. The van der Waals surface area contributed by atoms with Gasteiger partial charge in [-0.2, -0.15) is 0 Å². The SMILES string of the molecule is COC(C)(C)c1nc(C2CCCN2)cs1. The molecule has 1 aromatic heterocycles. The number of rotatable bonds is 3. The topological polar surface area (TPSA) is 34.1 Å². The Balaban J connectivity index is 2.16. The summed E-state index contributed by atoms with van der Waals surface area (Å²) in [5, 5.41) is 6.67. The van der Waals surface area contributed by atoms with Crippen LogP contribution in [0.3, 0.4) is 0 Å². The number of nitrogens with one attached hydrogen (secondary N) is 1. The zero-order chi connectivity index (χ0) is 10.9. The van der Waals surface area contributed by atoms with Crippen LogP contribution in [0.2, 0.25) is 0 Å². The lowest BCUT2D eigenvalue weighted by Gasteiger charge is -2.19. The summed E-state index contributed by atoms with van der Waals surface area (Å²) in [4.78, 5) is 4.67. The largest absolute Gasteiger partial charge is 0.372 e. The third kappa shape index (κ3) is 2.22. The smallest absolute Gasteiger partial charge is 0.124 e. The van der Waals surface area contributed by atoms with Crippen molar-refractivity contribution in [1.82, 2.24) is 10.3 Å². The molecule has 1 aliphatic rings. The number of hydrogen-bond donors (Lipinski definition) is 1. The summed E-state index contributed by atoms with van der Waals surface area (Å²) in [5.74, 6) is 0. The second-order valence-corrected chi connectivity index (χ2v) is 5.30. The molecule has 1 saturated heterocycles. The maximum atomic E-state index is 5.43. The normalized spacial score (nSPS) is 22.2. The summed E-state index contributed by atoms with van der Waals surface area (Å²) in [6, 6.07) is 0.461. The van der Waals surface area contributed by atoms with Crippen molar-refractivity contribution in [2.24, 2.45) is 0 Å². The minimum Gasteiger partial charge on any atom is -0.372 e. The lowest BCUT2D eigenvalue weighted by Crippen LogP contribution is -2.20. The molecule has 0 aliphatic carbocycles. The van der Waals surface area contributed by atoms with Gasteiger partial charge in [-0.25, -0.2) is 4.98 Å². The zero-order valence-electron chi connectivity index (χ0n) is 9.54. The van der Waals surface area contributed by atoms with E-state index in [1.54, 1.807) is 18.4 Å². The van der Waals surface area contributed by atoms with Gasteiger partial charge in [0.05, 0.1) is 11.7 Å². The number of methoxy groups -OCH3 is 1. The van der Waals surface area contributed by atoms with E-state index in [9.17, 15) is 0 Å². The van der Waals surface area contributed by atoms with Gasteiger partial charge in [0.25, 0.3) is 0 Å². The summed E-state index contributed by atoms with van der Waals surface area (Å²) >= 11 is 1.69. The predicted octanol–water partition coefficient (Wildman–Crippen LogP) is 2.45. The highest BCUT2D eigenvalue weighted by atomic mass is 32.1. The molecular formula is C11H18N2OS. The van der Waals surface area contributed by atoms with Gasteiger partial charge < -0.3 is 10.1 Å². The molecule has 0 spiro atoms. The average molecular weight is 226 g/mol. The lowest BCUT2D eigenvalue weighted by atomic mass is 10.1. The Morgan fingerprint density at radius 2 is 2.40 bits per heavy atom. The van der Waals surface area contributed by atoms with Crippen molar-refractivity contribution in [3.05, 3.63) is 16.1 Å². The highest BCUT2D eigenvalue weighted by Gasteiger charge is 2.26. The minimum atomic E-state index is -0.262. The minimum absolute atomic E-state index is 0.262. The number of hydrogen-bond acceptors (Lipinski definition) is 4. The quantitative estimate of drug-likeness (QED) is 0.859. The molecule has 4 heteroatoms. The number of thiazole rings is 1. The van der Waals surface area contributed by atoms with Gasteiger partial charge >= 0.3 is 0 Å². The van der Waals surface area contributed by atoms with Crippen LogP contribution in [0.5, 0.6) is 0 Å². The Labute approximate surface area is 94.9 Å². The molecule has 1 N–H and O–H groups in total. The molecule has 0 amide bonds. The summed E-state index contributed by atoms with van der Waals surface area (Å²) in [6.45, 7) is 5.22. The van der Waals surface area contributed by atoms with Crippen LogP contribution in [0, 0.1) is 0 Å². The molecule has 3 nitrogen and oxygen atoms in total. The number of nitrogens with zero attached hydrogens (tertiary/aromatic N) is 1. The average Bonchev–Trinajstić information content (AvgIpc) is 2.88. The van der Waals surface area contributed by atoms with Gasteiger partial charge in [-0.3, -0.25) is 0 Å². The molecule has 1 atom stereocenters. The Hall–Kier alpha value is -0.450. The molecule has 1 aliphatic heterocycles. The van der Waals surface area contributed by atoms with E-state index in [2.05, 4.69) is 29.5 Å². The van der Waals surface area contributed by atoms with Crippen molar-refractivity contribution >= 4 is 11.3 Å². The van der Waals surface area contributed by atoms with Crippen molar-refractivity contribution in [3.63, 3.8) is 0 Å². The number of aromatic nitrogens is 1. The first kappa shape index (κ1) is 11.0. The molecule has 2 heterocycles. The second-order valence-electron chi connectivity index (χ2n) is 4.44. The van der Waals surface area contributed by atoms with Crippen LogP contribution in [-0.4, -0.2) is 18.6 Å². The molecule has 0 aromatic carbocycles. The molecule has 84 valence electrons. The van der Waals surface area contributed by atoms with Gasteiger partial charge in [-0.1, -0.05) is 0 Å². The van der Waals surface area contributed by atoms with Gasteiger partial charge in [0.15, 0.2) is 0 Å². The summed E-state index contributed by atoms with van der Waals surface area (Å²) in [6.07, 6.45) is 2.46. The predicted molar refractivity (Wildman–Crippen MR) is 62.1 cm³/mol. The molecular weight excluding hydrogens is 208 g/mol. The third-order valence-electron chi connectivity index (χ3n) is 2.96. The van der Waals surface area contributed by atoms with Gasteiger partial charge in [-0.15, -0.1) is 11.3 Å². The Morgan fingerprint density at radius 1 is 1.60 bits per heavy atom. The Kier molecular flexibility index (Phi) is 3.09. The maximum absolute atomic E-state index is 5.43. The summed E-state index contributed by atoms with van der Waals surface area (Å²) < 4.78 is 5.43. The van der Waals surface area contributed by atoms with E-state index < -0.39 is 0 Å². The van der Waals surface area contributed by atoms with Gasteiger partial charge in [0, 0.05) is 12.5 Å². The van der Waals surface area contributed by atoms with Crippen LogP contribution in [0.1, 0.15) is 43.4 Å². The van der Waals surface area contributed by atoms with Gasteiger partial charge in [-0.05, 0) is 33.2 Å². The molecule has 1 fully saturated rings. The molecule has 2 rings (SSSR count). The molecule has 1 unspecified atom stereocenters. The maximum Gasteiger partial charge on any atom is 0.124 e. The standard InChI is InChI=1S/C11H18N2OS/c1-11(2,14-3)10-13-9(7-15-10)8-5-4-6-12-8/h7-8,12H,4-6H2,1-3H3. The van der Waals surface area contributed by atoms with Crippen LogP contribution < -0.4 is 5.32 Å². The first-order chi connectivity index (χ1) is 7.13. The zero-order valence-corrected chi connectivity index (χ0v) is 10.4. The van der Waals surface area contributed by atoms with E-state index in [4.69, 9.17) is 4.74 Å². The fourth-order valence-corrected chi connectivity index (χ4v) is 2.72. The van der Waals surface area contributed by atoms with Crippen molar-refractivity contribution in [1.29, 1.82) is 0 Å². The molecule has 1 aromatic rings. The van der Waals surface area contributed by atoms with Crippen molar-refractivity contribution in [3.8, 4) is 0 Å². The first-order valence-electron chi connectivity index (χ1n) is 5.38. The van der Waals surface area contributed by atoms with E-state index in [1.165, 1.54) is 18.5 Å². The summed E-state index contributed by atoms with van der Waals surface area (Å²) in [7, 11) is 1.73. The van der Waals surface area contributed by atoms with Gasteiger partial charge in [0.1, 0.15) is 10.6 Å². The van der Waals surface area contributed by atoms with Crippen molar-refractivity contribution in [2.45, 2.75) is 38.3 Å². The fraction of sp³-hybridized carbons (Fsp3) is 0.727.